The summed E-state index contributed by atoms with van der Waals surface area (Å²) in [7, 11) is 0. The molecular weight excluding hydrogens is 312 g/mol. The molecule has 0 aliphatic heterocycles. The third-order valence-electron chi connectivity index (χ3n) is 4.70. The predicted octanol–water partition coefficient (Wildman–Crippen LogP) is 7.55. The van der Waals surface area contributed by atoms with Crippen LogP contribution in [-0.4, -0.2) is 5.75 Å². The lowest BCUT2D eigenvalue weighted by molar-refractivity contribution is 0.539. The lowest BCUT2D eigenvalue weighted by Gasteiger charge is -2.22. The summed E-state index contributed by atoms with van der Waals surface area (Å²) < 4.78 is 5.27. The molecule has 0 saturated heterocycles. The van der Waals surface area contributed by atoms with Crippen LogP contribution in [0.2, 0.25) is 0 Å². The van der Waals surface area contributed by atoms with E-state index in [0.717, 1.165) is 24.2 Å². The average molecular weight is 345 g/mol. The van der Waals surface area contributed by atoms with Crippen molar-refractivity contribution in [3.63, 3.8) is 0 Å². The Morgan fingerprint density at radius 3 is 2.58 bits per heavy atom. The first-order chi connectivity index (χ1) is 11.7. The summed E-state index contributed by atoms with van der Waals surface area (Å²) in [6.45, 7) is 10.7. The van der Waals surface area contributed by atoms with Crippen molar-refractivity contribution in [2.24, 2.45) is 0 Å². The van der Waals surface area contributed by atoms with Crippen LogP contribution in [0.1, 0.15) is 77.0 Å². The molecule has 0 saturated carbocycles. The van der Waals surface area contributed by atoms with Crippen molar-refractivity contribution in [3.8, 4) is 0 Å². The van der Waals surface area contributed by atoms with Crippen LogP contribution in [0.4, 0.5) is 0 Å². The minimum absolute atomic E-state index is 1.03. The molecule has 132 valence electrons. The fourth-order valence-electron chi connectivity index (χ4n) is 3.51. The Hall–Kier alpha value is -1.15. The summed E-state index contributed by atoms with van der Waals surface area (Å²) in [6.07, 6.45) is 14.1. The molecule has 0 bridgehead atoms. The lowest BCUT2D eigenvalue weighted by atomic mass is 9.93. The van der Waals surface area contributed by atoms with Gasteiger partial charge in [0.15, 0.2) is 0 Å². The minimum atomic E-state index is 1.03. The molecule has 1 aromatic heterocycles. The second kappa shape index (κ2) is 9.98. The van der Waals surface area contributed by atoms with Gasteiger partial charge in [-0.3, -0.25) is 0 Å². The topological polar surface area (TPSA) is 13.1 Å². The van der Waals surface area contributed by atoms with Crippen molar-refractivity contribution in [2.45, 2.75) is 72.1 Å². The van der Waals surface area contributed by atoms with Crippen LogP contribution in [0.15, 0.2) is 45.5 Å². The minimum Gasteiger partial charge on any atom is -0.464 e. The summed E-state index contributed by atoms with van der Waals surface area (Å²) in [5, 5.41) is 0. The summed E-state index contributed by atoms with van der Waals surface area (Å²) in [4.78, 5) is 1.63. The van der Waals surface area contributed by atoms with Crippen LogP contribution in [0.25, 0.3) is 5.57 Å². The maximum atomic E-state index is 5.27. The Morgan fingerprint density at radius 2 is 1.92 bits per heavy atom. The Labute approximate surface area is 152 Å². The maximum Gasteiger partial charge on any atom is 0.132 e. The van der Waals surface area contributed by atoms with Gasteiger partial charge >= 0.3 is 0 Å². The van der Waals surface area contributed by atoms with E-state index < -0.39 is 0 Å². The number of thioether (sulfide) groups is 1. The Morgan fingerprint density at radius 1 is 1.12 bits per heavy atom. The highest BCUT2D eigenvalue weighted by molar-refractivity contribution is 8.03. The molecule has 2 heteroatoms. The number of aryl methyl sites for hydroxylation is 1. The quantitative estimate of drug-likeness (QED) is 0.559. The molecule has 0 radical (unpaired) electrons. The van der Waals surface area contributed by atoms with Crippen molar-refractivity contribution in [1.29, 1.82) is 0 Å². The van der Waals surface area contributed by atoms with Crippen LogP contribution in [0, 0.1) is 0 Å². The van der Waals surface area contributed by atoms with E-state index in [1.54, 1.807) is 22.3 Å². The molecule has 1 nitrogen and oxygen atoms in total. The van der Waals surface area contributed by atoms with E-state index in [2.05, 4.69) is 33.4 Å². The van der Waals surface area contributed by atoms with Gasteiger partial charge in [0, 0.05) is 4.91 Å². The zero-order valence-electron chi connectivity index (χ0n) is 15.6. The number of furan rings is 1. The smallest absolute Gasteiger partial charge is 0.132 e. The number of allylic oxidation sites excluding steroid dienone is 4. The van der Waals surface area contributed by atoms with E-state index in [1.807, 2.05) is 17.8 Å². The first-order valence-corrected chi connectivity index (χ1v) is 10.5. The van der Waals surface area contributed by atoms with Crippen LogP contribution in [0.3, 0.4) is 0 Å². The second-order valence-electron chi connectivity index (χ2n) is 6.44. The summed E-state index contributed by atoms with van der Waals surface area (Å²) >= 11 is 2.04. The molecule has 2 aliphatic carbocycles. The fraction of sp³-hybridized carbons (Fsp3) is 0.545. The molecule has 1 aromatic rings. The van der Waals surface area contributed by atoms with Gasteiger partial charge in [-0.1, -0.05) is 39.0 Å². The van der Waals surface area contributed by atoms with Gasteiger partial charge in [0.2, 0.25) is 0 Å². The van der Waals surface area contributed by atoms with E-state index >= 15 is 0 Å². The molecule has 24 heavy (non-hydrogen) atoms. The zero-order valence-corrected chi connectivity index (χ0v) is 16.4. The van der Waals surface area contributed by atoms with Gasteiger partial charge in [0.05, 0.1) is 6.26 Å². The molecule has 3 rings (SSSR count). The largest absolute Gasteiger partial charge is 0.464 e. The zero-order chi connectivity index (χ0) is 17.4. The standard InChI is InChI=1S/C13H22S.C9H10O/c1-4-8-12-10-7-9-11(5-2)13(12)14-6-3;1-7-3-2-4-8-5-6-10-9(7)8/h8H,4-7,9-10H2,1-3H3;5-6H,1-4H2/b12-8-;. The van der Waals surface area contributed by atoms with Gasteiger partial charge in [-0.15, -0.1) is 11.8 Å². The number of hydrogen-bond donors (Lipinski definition) is 0. The first kappa shape index (κ1) is 19.2. The summed E-state index contributed by atoms with van der Waals surface area (Å²) in [5.41, 5.74) is 5.81. The molecule has 0 spiro atoms. The average Bonchev–Trinajstić information content (AvgIpc) is 3.07. The van der Waals surface area contributed by atoms with E-state index in [4.69, 9.17) is 4.42 Å². The molecule has 0 unspecified atom stereocenters. The van der Waals surface area contributed by atoms with Gasteiger partial charge in [-0.05, 0) is 79.9 Å². The third-order valence-corrected chi connectivity index (χ3v) is 5.82. The summed E-state index contributed by atoms with van der Waals surface area (Å²) in [5.74, 6) is 2.24. The lowest BCUT2D eigenvalue weighted by Crippen LogP contribution is -2.01. The van der Waals surface area contributed by atoms with E-state index in [0.29, 0.717) is 0 Å². The van der Waals surface area contributed by atoms with Crippen LogP contribution < -0.4 is 0 Å². The maximum absolute atomic E-state index is 5.27. The highest BCUT2D eigenvalue weighted by Gasteiger charge is 2.15. The molecule has 0 aromatic carbocycles. The normalized spacial score (nSPS) is 19.1. The van der Waals surface area contributed by atoms with Crippen LogP contribution >= 0.6 is 11.8 Å². The van der Waals surface area contributed by atoms with Gasteiger partial charge in [0.25, 0.3) is 0 Å². The molecule has 0 fully saturated rings. The van der Waals surface area contributed by atoms with Crippen molar-refractivity contribution >= 4 is 17.3 Å². The fourth-order valence-corrected chi connectivity index (χ4v) is 4.62. The van der Waals surface area contributed by atoms with Crippen LogP contribution in [-0.2, 0) is 6.42 Å². The van der Waals surface area contributed by atoms with Crippen molar-refractivity contribution in [3.05, 3.63) is 52.4 Å². The monoisotopic (exact) mass is 344 g/mol. The Kier molecular flexibility index (Phi) is 7.98. The van der Waals surface area contributed by atoms with Crippen molar-refractivity contribution in [2.75, 3.05) is 5.75 Å². The Balaban J connectivity index is 0.000000182. The van der Waals surface area contributed by atoms with Gasteiger partial charge in [-0.2, -0.15) is 0 Å². The molecule has 2 aliphatic rings. The van der Waals surface area contributed by atoms with E-state index in [-0.39, 0.29) is 0 Å². The second-order valence-corrected chi connectivity index (χ2v) is 7.72. The number of fused-ring (bicyclic) bond motifs is 1. The van der Waals surface area contributed by atoms with Gasteiger partial charge in [0.1, 0.15) is 5.76 Å². The van der Waals surface area contributed by atoms with Crippen molar-refractivity contribution < 1.29 is 4.42 Å². The molecule has 1 heterocycles. The number of rotatable bonds is 4. The number of hydrogen-bond acceptors (Lipinski definition) is 2. The van der Waals surface area contributed by atoms with E-state index in [1.165, 1.54) is 49.8 Å². The predicted molar refractivity (Wildman–Crippen MR) is 108 cm³/mol. The highest BCUT2D eigenvalue weighted by atomic mass is 32.2. The molecular formula is C22H32OS. The van der Waals surface area contributed by atoms with Crippen molar-refractivity contribution in [1.82, 2.24) is 0 Å². The highest BCUT2D eigenvalue weighted by Crippen LogP contribution is 2.38. The first-order valence-electron chi connectivity index (χ1n) is 9.49. The third kappa shape index (κ3) is 4.92. The van der Waals surface area contributed by atoms with Gasteiger partial charge in [-0.25, -0.2) is 0 Å². The molecule has 0 amide bonds. The SMILES string of the molecule is C=C1CCCc2ccoc21.CC/C=C1/CCCC(CC)=C1SCC. The molecule has 0 N–H and O–H groups in total. The summed E-state index contributed by atoms with van der Waals surface area (Å²) in [6, 6.07) is 2.04. The van der Waals surface area contributed by atoms with Gasteiger partial charge < -0.3 is 4.42 Å². The Bertz CT molecular complexity index is 603. The van der Waals surface area contributed by atoms with E-state index in [9.17, 15) is 0 Å². The molecule has 0 atom stereocenters. The van der Waals surface area contributed by atoms with Crippen LogP contribution in [0.5, 0.6) is 0 Å².